The average Bonchev–Trinajstić information content (AvgIpc) is 3.05. The molecule has 33 heavy (non-hydrogen) atoms. The second kappa shape index (κ2) is 9.20. The summed E-state index contributed by atoms with van der Waals surface area (Å²) < 4.78 is 43.5. The summed E-state index contributed by atoms with van der Waals surface area (Å²) in [7, 11) is -4.44. The number of hydrogen-bond acceptors (Lipinski definition) is 4. The van der Waals surface area contributed by atoms with Crippen LogP contribution in [0.25, 0.3) is 10.9 Å². The van der Waals surface area contributed by atoms with Gasteiger partial charge in [-0.05, 0) is 43.5 Å². The Labute approximate surface area is 198 Å². The van der Waals surface area contributed by atoms with Gasteiger partial charge in [-0.25, -0.2) is 12.8 Å². The number of amides is 2. The predicted octanol–water partition coefficient (Wildman–Crippen LogP) is 3.81. The number of anilines is 1. The van der Waals surface area contributed by atoms with Crippen molar-refractivity contribution in [1.29, 1.82) is 0 Å². The molecule has 0 bridgehead atoms. The summed E-state index contributed by atoms with van der Waals surface area (Å²) in [6.07, 6.45) is 3.34. The van der Waals surface area contributed by atoms with Crippen molar-refractivity contribution in [2.24, 2.45) is 0 Å². The molecule has 1 fully saturated rings. The van der Waals surface area contributed by atoms with Crippen molar-refractivity contribution in [3.8, 4) is 0 Å². The highest BCUT2D eigenvalue weighted by atomic mass is 35.5. The van der Waals surface area contributed by atoms with Gasteiger partial charge in [0.15, 0.2) is 5.82 Å². The number of aromatic amines is 1. The number of carbonyl (C=O) groups is 2. The van der Waals surface area contributed by atoms with Crippen molar-refractivity contribution in [2.75, 3.05) is 11.3 Å². The van der Waals surface area contributed by atoms with Gasteiger partial charge in [0, 0.05) is 18.1 Å². The van der Waals surface area contributed by atoms with Crippen LogP contribution < -0.4 is 15.4 Å². The summed E-state index contributed by atoms with van der Waals surface area (Å²) in [5.41, 5.74) is -0.0606. The highest BCUT2D eigenvalue weighted by molar-refractivity contribution is 7.92. The van der Waals surface area contributed by atoms with Gasteiger partial charge in [-0.15, -0.1) is 0 Å². The lowest BCUT2D eigenvalue weighted by molar-refractivity contribution is -0.122. The molecule has 4 rings (SSSR count). The van der Waals surface area contributed by atoms with Crippen LogP contribution in [-0.4, -0.2) is 37.8 Å². The van der Waals surface area contributed by atoms with Crippen LogP contribution >= 0.6 is 23.2 Å². The van der Waals surface area contributed by atoms with Crippen molar-refractivity contribution >= 4 is 61.6 Å². The molecule has 1 aliphatic rings. The number of aromatic nitrogens is 1. The minimum atomic E-state index is -4.44. The molecule has 1 aliphatic heterocycles. The Bertz CT molecular complexity index is 1360. The maximum atomic E-state index is 15.2. The second-order valence-electron chi connectivity index (χ2n) is 7.52. The molecule has 4 N–H and O–H groups in total. The van der Waals surface area contributed by atoms with E-state index in [1.807, 2.05) is 0 Å². The van der Waals surface area contributed by atoms with Gasteiger partial charge in [-0.3, -0.25) is 14.3 Å². The number of hydrogen-bond donors (Lipinski definition) is 4. The Morgan fingerprint density at radius 2 is 1.91 bits per heavy atom. The van der Waals surface area contributed by atoms with Gasteiger partial charge in [-0.1, -0.05) is 29.3 Å². The number of rotatable bonds is 5. The first-order valence-corrected chi connectivity index (χ1v) is 12.3. The van der Waals surface area contributed by atoms with Crippen LogP contribution in [0.2, 0.25) is 10.0 Å². The maximum absolute atomic E-state index is 15.2. The Morgan fingerprint density at radius 1 is 1.12 bits per heavy atom. The molecule has 1 atom stereocenters. The summed E-state index contributed by atoms with van der Waals surface area (Å²) in [6.45, 7) is 0.503. The summed E-state index contributed by atoms with van der Waals surface area (Å²) in [5.74, 6) is -2.47. The first kappa shape index (κ1) is 23.3. The van der Waals surface area contributed by atoms with Gasteiger partial charge in [0.1, 0.15) is 10.9 Å². The molecule has 3 aromatic rings. The van der Waals surface area contributed by atoms with Gasteiger partial charge >= 0.3 is 0 Å². The fourth-order valence-electron chi connectivity index (χ4n) is 3.66. The van der Waals surface area contributed by atoms with Gasteiger partial charge in [0.2, 0.25) is 5.91 Å². The Balaban J connectivity index is 1.63. The quantitative estimate of drug-likeness (QED) is 0.415. The minimum Gasteiger partial charge on any atom is -0.358 e. The third-order valence-electron chi connectivity index (χ3n) is 5.32. The zero-order valence-corrected chi connectivity index (χ0v) is 19.4. The highest BCUT2D eigenvalue weighted by Crippen LogP contribution is 2.35. The van der Waals surface area contributed by atoms with Crippen molar-refractivity contribution < 1.29 is 22.4 Å². The molecule has 0 saturated carbocycles. The fraction of sp³-hybridized carbons (Fsp3) is 0.238. The van der Waals surface area contributed by atoms with E-state index in [9.17, 15) is 18.0 Å². The lowest BCUT2D eigenvalue weighted by atomic mass is 10.1. The van der Waals surface area contributed by atoms with E-state index in [-0.39, 0.29) is 11.6 Å². The lowest BCUT2D eigenvalue weighted by Gasteiger charge is -2.16. The standard InChI is InChI=1S/C21H19Cl2FN4O4S/c22-12-7-8-14(19-17(12)13(23)10-26-19)28-33(31,32)16-6-3-4-11(18(16)24)20(29)27-15-5-1-2-9-25-21(15)30/h3-4,6-8,10,15,26,28H,1-2,5,9H2,(H,25,30)(H,27,29)/t15-/m0/s1. The number of halogens is 3. The topological polar surface area (TPSA) is 120 Å². The van der Waals surface area contributed by atoms with Crippen LogP contribution in [0.3, 0.4) is 0 Å². The Kier molecular flexibility index (Phi) is 6.51. The number of nitrogens with one attached hydrogen (secondary N) is 4. The Morgan fingerprint density at radius 3 is 2.70 bits per heavy atom. The predicted molar refractivity (Wildman–Crippen MR) is 124 cm³/mol. The van der Waals surface area contributed by atoms with Crippen molar-refractivity contribution in [2.45, 2.75) is 30.2 Å². The van der Waals surface area contributed by atoms with Crippen LogP contribution in [0.1, 0.15) is 29.6 Å². The number of benzene rings is 2. The largest absolute Gasteiger partial charge is 0.358 e. The average molecular weight is 513 g/mol. The van der Waals surface area contributed by atoms with Crippen LogP contribution in [0.4, 0.5) is 10.1 Å². The number of H-pyrrole nitrogens is 1. The molecule has 0 aliphatic carbocycles. The van der Waals surface area contributed by atoms with E-state index in [0.29, 0.717) is 40.3 Å². The van der Waals surface area contributed by atoms with Gasteiger partial charge in [-0.2, -0.15) is 0 Å². The second-order valence-corrected chi connectivity index (χ2v) is 9.98. The van der Waals surface area contributed by atoms with Crippen LogP contribution in [0, 0.1) is 5.82 Å². The van der Waals surface area contributed by atoms with E-state index < -0.39 is 38.2 Å². The molecule has 2 aromatic carbocycles. The van der Waals surface area contributed by atoms with Crippen molar-refractivity contribution in [3.63, 3.8) is 0 Å². The lowest BCUT2D eigenvalue weighted by Crippen LogP contribution is -2.45. The van der Waals surface area contributed by atoms with Crippen LogP contribution in [-0.2, 0) is 14.8 Å². The molecule has 8 nitrogen and oxygen atoms in total. The third kappa shape index (κ3) is 4.64. The molecule has 0 radical (unpaired) electrons. The van der Waals surface area contributed by atoms with E-state index in [0.717, 1.165) is 18.6 Å². The molecule has 2 heterocycles. The Hall–Kier alpha value is -2.82. The zero-order chi connectivity index (χ0) is 23.8. The number of sulfonamides is 1. The molecule has 12 heteroatoms. The van der Waals surface area contributed by atoms with Crippen LogP contribution in [0.5, 0.6) is 0 Å². The smallest absolute Gasteiger partial charge is 0.264 e. The number of carbonyl (C=O) groups excluding carboxylic acids is 2. The first-order valence-electron chi connectivity index (χ1n) is 10.0. The SMILES string of the molecule is O=C(N[C@H]1CCCCNC1=O)c1cccc(S(=O)(=O)Nc2ccc(Cl)c3c(Cl)c[nH]c23)c1F. The molecule has 1 saturated heterocycles. The molecular formula is C21H19Cl2FN4O4S. The van der Waals surface area contributed by atoms with Crippen LogP contribution in [0.15, 0.2) is 41.4 Å². The van der Waals surface area contributed by atoms with E-state index in [2.05, 4.69) is 20.3 Å². The molecule has 0 unspecified atom stereocenters. The number of fused-ring (bicyclic) bond motifs is 1. The fourth-order valence-corrected chi connectivity index (χ4v) is 5.39. The minimum absolute atomic E-state index is 0.102. The summed E-state index contributed by atoms with van der Waals surface area (Å²) in [6, 6.07) is 5.50. The zero-order valence-electron chi connectivity index (χ0n) is 17.0. The maximum Gasteiger partial charge on any atom is 0.264 e. The molecular weight excluding hydrogens is 494 g/mol. The highest BCUT2D eigenvalue weighted by Gasteiger charge is 2.28. The third-order valence-corrected chi connectivity index (χ3v) is 7.31. The monoisotopic (exact) mass is 512 g/mol. The van der Waals surface area contributed by atoms with E-state index >= 15 is 4.39 Å². The molecule has 0 spiro atoms. The normalized spacial score (nSPS) is 16.8. The first-order chi connectivity index (χ1) is 15.7. The van der Waals surface area contributed by atoms with Crippen molar-refractivity contribution in [3.05, 3.63) is 58.0 Å². The van der Waals surface area contributed by atoms with Gasteiger partial charge < -0.3 is 15.6 Å². The van der Waals surface area contributed by atoms with E-state index in [1.54, 1.807) is 0 Å². The molecule has 1 aromatic heterocycles. The molecule has 174 valence electrons. The summed E-state index contributed by atoms with van der Waals surface area (Å²) in [4.78, 5) is 26.9. The summed E-state index contributed by atoms with van der Waals surface area (Å²) in [5, 5.41) is 6.18. The van der Waals surface area contributed by atoms with E-state index in [1.165, 1.54) is 24.4 Å². The van der Waals surface area contributed by atoms with Gasteiger partial charge in [0.05, 0.1) is 26.8 Å². The summed E-state index contributed by atoms with van der Waals surface area (Å²) >= 11 is 12.2. The van der Waals surface area contributed by atoms with Gasteiger partial charge in [0.25, 0.3) is 15.9 Å². The molecule has 2 amide bonds. The van der Waals surface area contributed by atoms with E-state index in [4.69, 9.17) is 23.2 Å². The van der Waals surface area contributed by atoms with Crippen molar-refractivity contribution in [1.82, 2.24) is 15.6 Å².